The Kier molecular flexibility index (Phi) is 9.85. The number of sulfone groups is 1. The maximum atomic E-state index is 13.3. The Morgan fingerprint density at radius 1 is 1.28 bits per heavy atom. The first-order chi connectivity index (χ1) is 18.2. The summed E-state index contributed by atoms with van der Waals surface area (Å²) in [5.74, 6) is -1.83. The molecule has 0 saturated heterocycles. The predicted molar refractivity (Wildman–Crippen MR) is 148 cm³/mol. The van der Waals surface area contributed by atoms with Crippen molar-refractivity contribution in [3.05, 3.63) is 44.6 Å². The van der Waals surface area contributed by atoms with E-state index in [4.69, 9.17) is 0 Å². The molecule has 12 heteroatoms. The summed E-state index contributed by atoms with van der Waals surface area (Å²) in [6, 6.07) is 1.35. The topological polar surface area (TPSA) is 95.9 Å². The zero-order chi connectivity index (χ0) is 29.1. The molecule has 1 aliphatic heterocycles. The number of alkyl halides is 3. The highest BCUT2D eigenvalue weighted by Gasteiger charge is 2.44. The van der Waals surface area contributed by atoms with Gasteiger partial charge in [0, 0.05) is 17.6 Å². The molecule has 0 bridgehead atoms. The van der Waals surface area contributed by atoms with Gasteiger partial charge in [0.05, 0.1) is 45.3 Å². The second-order valence-corrected chi connectivity index (χ2v) is 13.8. The number of nitrogens with one attached hydrogen (secondary N) is 1. The third kappa shape index (κ3) is 7.19. The monoisotopic (exact) mass is 587 g/mol. The van der Waals surface area contributed by atoms with Crippen LogP contribution >= 0.6 is 11.3 Å². The molecule has 1 aliphatic carbocycles. The standard InChI is InChI=1S/C27H36F3N3O4S2/c1-6-20(31-13-17(5)39(36,37)7-2)14-32-25(34)22-12-21-24(38-22)23(16(3)4)33(26(21)35)15-18-8-10-19(11-9-18)27(28,29)30/h6,12-13,16,18-19,23H,5,7-11,14-15H2,1-4H3,(H,32,34)/b20-6-,31-13?/t18?,19?,23-/m0/s1. The van der Waals surface area contributed by atoms with Crippen molar-refractivity contribution in [1.82, 2.24) is 10.2 Å². The van der Waals surface area contributed by atoms with Crippen LogP contribution in [0.2, 0.25) is 0 Å². The highest BCUT2D eigenvalue weighted by molar-refractivity contribution is 7.96. The van der Waals surface area contributed by atoms with E-state index in [1.807, 2.05) is 13.8 Å². The van der Waals surface area contributed by atoms with Gasteiger partial charge in [0.25, 0.3) is 11.8 Å². The van der Waals surface area contributed by atoms with Crippen molar-refractivity contribution >= 4 is 39.2 Å². The van der Waals surface area contributed by atoms with E-state index in [0.717, 1.165) is 11.1 Å². The van der Waals surface area contributed by atoms with E-state index in [2.05, 4.69) is 16.9 Å². The summed E-state index contributed by atoms with van der Waals surface area (Å²) in [5.41, 5.74) is 0.917. The van der Waals surface area contributed by atoms with Gasteiger partial charge in [-0.2, -0.15) is 13.2 Å². The fraction of sp³-hybridized carbons (Fsp3) is 0.593. The summed E-state index contributed by atoms with van der Waals surface area (Å²) < 4.78 is 62.9. The number of carbonyl (C=O) groups is 2. The molecule has 216 valence electrons. The van der Waals surface area contributed by atoms with Crippen molar-refractivity contribution in [2.45, 2.75) is 65.6 Å². The molecule has 1 N–H and O–H groups in total. The number of carbonyl (C=O) groups excluding carboxylic acids is 2. The second kappa shape index (κ2) is 12.4. The second-order valence-electron chi connectivity index (χ2n) is 10.4. The molecule has 0 aromatic carbocycles. The van der Waals surface area contributed by atoms with Crippen LogP contribution in [0.5, 0.6) is 0 Å². The normalized spacial score (nSPS) is 22.6. The Morgan fingerprint density at radius 3 is 2.46 bits per heavy atom. The number of amides is 2. The van der Waals surface area contributed by atoms with Crippen LogP contribution in [0.4, 0.5) is 13.2 Å². The Morgan fingerprint density at radius 2 is 1.92 bits per heavy atom. The van der Waals surface area contributed by atoms with Crippen LogP contribution < -0.4 is 5.32 Å². The van der Waals surface area contributed by atoms with Crippen LogP contribution in [-0.4, -0.2) is 56.4 Å². The van der Waals surface area contributed by atoms with Gasteiger partial charge in [-0.15, -0.1) is 11.3 Å². The molecule has 1 aromatic rings. The van der Waals surface area contributed by atoms with Gasteiger partial charge in [-0.1, -0.05) is 33.4 Å². The zero-order valence-corrected chi connectivity index (χ0v) is 24.3. The van der Waals surface area contributed by atoms with E-state index in [-0.39, 0.29) is 59.7 Å². The highest BCUT2D eigenvalue weighted by Crippen LogP contribution is 2.46. The molecule has 2 heterocycles. The molecule has 0 spiro atoms. The van der Waals surface area contributed by atoms with Gasteiger partial charge < -0.3 is 10.2 Å². The number of rotatable bonds is 10. The van der Waals surface area contributed by atoms with Gasteiger partial charge >= 0.3 is 6.18 Å². The average Bonchev–Trinajstić information content (AvgIpc) is 3.41. The number of thiophene rings is 1. The molecule has 2 aliphatic rings. The first-order valence-electron chi connectivity index (χ1n) is 13.1. The van der Waals surface area contributed by atoms with Crippen LogP contribution in [0.3, 0.4) is 0 Å². The lowest BCUT2D eigenvalue weighted by molar-refractivity contribution is -0.184. The lowest BCUT2D eigenvalue weighted by Crippen LogP contribution is -2.37. The summed E-state index contributed by atoms with van der Waals surface area (Å²) in [6.07, 6.45) is -0.294. The molecule has 39 heavy (non-hydrogen) atoms. The summed E-state index contributed by atoms with van der Waals surface area (Å²) in [6.45, 7) is 11.2. The summed E-state index contributed by atoms with van der Waals surface area (Å²) in [4.78, 5) is 33.2. The number of hydrogen-bond donors (Lipinski definition) is 1. The number of hydrogen-bond acceptors (Lipinski definition) is 6. The molecule has 0 unspecified atom stereocenters. The quantitative estimate of drug-likeness (QED) is 0.344. The fourth-order valence-corrected chi connectivity index (χ4v) is 6.98. The van der Waals surface area contributed by atoms with Crippen LogP contribution in [-0.2, 0) is 9.84 Å². The first-order valence-corrected chi connectivity index (χ1v) is 15.6. The zero-order valence-electron chi connectivity index (χ0n) is 22.7. The molecule has 1 atom stereocenters. The Balaban J connectivity index is 1.65. The maximum absolute atomic E-state index is 13.3. The van der Waals surface area contributed by atoms with E-state index < -0.39 is 21.9 Å². The van der Waals surface area contributed by atoms with Gasteiger partial charge in [0.1, 0.15) is 0 Å². The van der Waals surface area contributed by atoms with E-state index >= 15 is 0 Å². The summed E-state index contributed by atoms with van der Waals surface area (Å²) in [5, 5.41) is 2.76. The number of aliphatic imine (C=N–C) groups is 1. The van der Waals surface area contributed by atoms with Crippen molar-refractivity contribution in [1.29, 1.82) is 0 Å². The third-order valence-electron chi connectivity index (χ3n) is 7.39. The van der Waals surface area contributed by atoms with Gasteiger partial charge in [-0.3, -0.25) is 14.6 Å². The minimum atomic E-state index is -4.17. The van der Waals surface area contributed by atoms with Crippen molar-refractivity contribution in [3.8, 4) is 0 Å². The van der Waals surface area contributed by atoms with Crippen LogP contribution in [0, 0.1) is 17.8 Å². The van der Waals surface area contributed by atoms with Crippen molar-refractivity contribution < 1.29 is 31.2 Å². The summed E-state index contributed by atoms with van der Waals surface area (Å²) in [7, 11) is -3.45. The molecule has 3 rings (SSSR count). The van der Waals surface area contributed by atoms with Crippen molar-refractivity contribution in [2.24, 2.45) is 22.7 Å². The maximum Gasteiger partial charge on any atom is 0.391 e. The molecular weight excluding hydrogens is 551 g/mol. The van der Waals surface area contributed by atoms with Crippen LogP contribution in [0.25, 0.3) is 0 Å². The molecule has 0 radical (unpaired) electrons. The van der Waals surface area contributed by atoms with Gasteiger partial charge in [-0.25, -0.2) is 8.42 Å². The Bertz CT molecular complexity index is 1260. The smallest absolute Gasteiger partial charge is 0.346 e. The lowest BCUT2D eigenvalue weighted by atomic mass is 9.81. The van der Waals surface area contributed by atoms with Gasteiger partial charge in [0.15, 0.2) is 9.84 Å². The third-order valence-corrected chi connectivity index (χ3v) is 10.3. The van der Waals surface area contributed by atoms with Gasteiger partial charge in [0.2, 0.25) is 0 Å². The van der Waals surface area contributed by atoms with E-state index in [1.165, 1.54) is 18.3 Å². The van der Waals surface area contributed by atoms with Crippen molar-refractivity contribution in [2.75, 3.05) is 18.8 Å². The number of allylic oxidation sites excluding steroid dienone is 2. The molecule has 2 amide bonds. The lowest BCUT2D eigenvalue weighted by Gasteiger charge is -2.35. The fourth-order valence-electron chi connectivity index (χ4n) is 5.04. The molecule has 1 saturated carbocycles. The predicted octanol–water partition coefficient (Wildman–Crippen LogP) is 5.92. The Labute approximate surface area is 232 Å². The van der Waals surface area contributed by atoms with Crippen LogP contribution in [0.1, 0.15) is 84.3 Å². The molecule has 1 fully saturated rings. The molecular formula is C27H36F3N3O4S2. The Hall–Kier alpha value is -2.47. The number of nitrogens with zero attached hydrogens (tertiary/aromatic N) is 2. The minimum Gasteiger partial charge on any atom is -0.346 e. The van der Waals surface area contributed by atoms with E-state index in [9.17, 15) is 31.2 Å². The van der Waals surface area contributed by atoms with E-state index in [0.29, 0.717) is 35.5 Å². The average molecular weight is 588 g/mol. The largest absolute Gasteiger partial charge is 0.391 e. The number of fused-ring (bicyclic) bond motifs is 1. The van der Waals surface area contributed by atoms with Crippen LogP contribution in [0.15, 0.2) is 34.3 Å². The molecule has 7 nitrogen and oxygen atoms in total. The minimum absolute atomic E-state index is 0.0220. The number of halogens is 3. The SMILES string of the molecule is C=C(C=N/C(=C\C)CNC(=O)c1cc2c(s1)[C@H](C(C)C)N(CC1CCC(C(F)(F)F)CC1)C2=O)S(=O)(=O)CC. The van der Waals surface area contributed by atoms with Crippen molar-refractivity contribution in [3.63, 3.8) is 0 Å². The first kappa shape index (κ1) is 31.1. The van der Waals surface area contributed by atoms with E-state index in [1.54, 1.807) is 24.0 Å². The summed E-state index contributed by atoms with van der Waals surface area (Å²) >= 11 is 1.25. The molecule has 1 aromatic heterocycles. The highest BCUT2D eigenvalue weighted by atomic mass is 32.2. The van der Waals surface area contributed by atoms with Gasteiger partial charge in [-0.05, 0) is 50.5 Å².